The first-order chi connectivity index (χ1) is 8.70. The molecule has 2 rings (SSSR count). The first-order valence-corrected chi connectivity index (χ1v) is 7.09. The second-order valence-corrected chi connectivity index (χ2v) is 5.31. The normalized spacial score (nSPS) is 10.4. The van der Waals surface area contributed by atoms with E-state index in [1.165, 1.54) is 16.0 Å². The summed E-state index contributed by atoms with van der Waals surface area (Å²) < 4.78 is 5.66. The maximum Gasteiger partial charge on any atom is 0.142 e. The molecule has 0 radical (unpaired) electrons. The Bertz CT molecular complexity index is 519. The maximum atomic E-state index is 5.66. The first-order valence-electron chi connectivity index (χ1n) is 6.21. The third-order valence-corrected chi connectivity index (χ3v) is 3.87. The number of rotatable bonds is 5. The van der Waals surface area contributed by atoms with Gasteiger partial charge in [0.15, 0.2) is 0 Å². The molecule has 0 saturated carbocycles. The molecule has 0 unspecified atom stereocenters. The molecule has 0 atom stereocenters. The van der Waals surface area contributed by atoms with Gasteiger partial charge >= 0.3 is 0 Å². The van der Waals surface area contributed by atoms with Crippen LogP contribution in [-0.4, -0.2) is 6.61 Å². The molecule has 0 spiro atoms. The van der Waals surface area contributed by atoms with Crippen molar-refractivity contribution in [3.05, 3.63) is 45.6 Å². The molecule has 18 heavy (non-hydrogen) atoms. The number of ether oxygens (including phenoxy) is 1. The van der Waals surface area contributed by atoms with Crippen molar-refractivity contribution < 1.29 is 4.74 Å². The fraction of sp³-hybridized carbons (Fsp3) is 0.333. The van der Waals surface area contributed by atoms with Crippen LogP contribution < -0.4 is 10.1 Å². The van der Waals surface area contributed by atoms with Crippen LogP contribution in [0.25, 0.3) is 0 Å². The molecule has 0 aliphatic carbocycles. The second kappa shape index (κ2) is 5.91. The Kier molecular flexibility index (Phi) is 4.26. The predicted octanol–water partition coefficient (Wildman–Crippen LogP) is 4.38. The third kappa shape index (κ3) is 3.05. The van der Waals surface area contributed by atoms with Crippen molar-refractivity contribution in [1.29, 1.82) is 0 Å². The average molecular weight is 261 g/mol. The van der Waals surface area contributed by atoms with E-state index >= 15 is 0 Å². The highest BCUT2D eigenvalue weighted by Gasteiger charge is 2.05. The molecule has 0 saturated heterocycles. The number of nitrogens with one attached hydrogen (secondary N) is 1. The van der Waals surface area contributed by atoms with Crippen molar-refractivity contribution in [2.45, 2.75) is 27.3 Å². The van der Waals surface area contributed by atoms with Gasteiger partial charge in [0.25, 0.3) is 0 Å². The van der Waals surface area contributed by atoms with E-state index < -0.39 is 0 Å². The van der Waals surface area contributed by atoms with Crippen LogP contribution in [0.3, 0.4) is 0 Å². The minimum Gasteiger partial charge on any atom is -0.492 e. The van der Waals surface area contributed by atoms with Gasteiger partial charge in [0.1, 0.15) is 5.75 Å². The summed E-state index contributed by atoms with van der Waals surface area (Å²) in [6, 6.07) is 8.42. The van der Waals surface area contributed by atoms with Gasteiger partial charge in [-0.2, -0.15) is 0 Å². The van der Waals surface area contributed by atoms with Crippen molar-refractivity contribution in [2.24, 2.45) is 0 Å². The van der Waals surface area contributed by atoms with Crippen LogP contribution in [0.5, 0.6) is 5.75 Å². The predicted molar refractivity (Wildman–Crippen MR) is 78.7 cm³/mol. The van der Waals surface area contributed by atoms with E-state index in [1.54, 1.807) is 11.3 Å². The maximum absolute atomic E-state index is 5.66. The average Bonchev–Trinajstić information content (AvgIpc) is 2.74. The molecule has 1 aromatic heterocycles. The summed E-state index contributed by atoms with van der Waals surface area (Å²) in [5, 5.41) is 5.58. The summed E-state index contributed by atoms with van der Waals surface area (Å²) in [6.45, 7) is 7.78. The monoisotopic (exact) mass is 261 g/mol. The van der Waals surface area contributed by atoms with Gasteiger partial charge in [0.05, 0.1) is 12.3 Å². The SMILES string of the molecule is CCOc1cc(C)ccc1NCc1sccc1C. The minimum absolute atomic E-state index is 0.691. The number of hydrogen-bond acceptors (Lipinski definition) is 3. The van der Waals surface area contributed by atoms with Gasteiger partial charge in [0, 0.05) is 11.4 Å². The Morgan fingerprint density at radius 3 is 2.72 bits per heavy atom. The van der Waals surface area contributed by atoms with Crippen LogP contribution in [0.1, 0.15) is 22.9 Å². The lowest BCUT2D eigenvalue weighted by molar-refractivity contribution is 0.341. The first kappa shape index (κ1) is 13.0. The summed E-state index contributed by atoms with van der Waals surface area (Å²) in [5.74, 6) is 0.937. The van der Waals surface area contributed by atoms with E-state index in [0.29, 0.717) is 6.61 Å². The van der Waals surface area contributed by atoms with E-state index in [2.05, 4.69) is 48.8 Å². The van der Waals surface area contributed by atoms with Crippen LogP contribution in [0, 0.1) is 13.8 Å². The van der Waals surface area contributed by atoms with Gasteiger partial charge in [-0.25, -0.2) is 0 Å². The van der Waals surface area contributed by atoms with Gasteiger partial charge in [0.2, 0.25) is 0 Å². The molecule has 0 bridgehead atoms. The highest BCUT2D eigenvalue weighted by Crippen LogP contribution is 2.27. The smallest absolute Gasteiger partial charge is 0.142 e. The number of hydrogen-bond donors (Lipinski definition) is 1. The summed E-state index contributed by atoms with van der Waals surface area (Å²) in [5.41, 5.74) is 3.63. The second-order valence-electron chi connectivity index (χ2n) is 4.31. The lowest BCUT2D eigenvalue weighted by atomic mass is 10.2. The van der Waals surface area contributed by atoms with Crippen molar-refractivity contribution in [2.75, 3.05) is 11.9 Å². The Labute approximate surface area is 113 Å². The van der Waals surface area contributed by atoms with Gasteiger partial charge in [-0.05, 0) is 55.5 Å². The number of aryl methyl sites for hydroxylation is 2. The Hall–Kier alpha value is -1.48. The van der Waals surface area contributed by atoms with Crippen LogP contribution in [0.4, 0.5) is 5.69 Å². The Morgan fingerprint density at radius 2 is 2.06 bits per heavy atom. The van der Waals surface area contributed by atoms with Crippen molar-refractivity contribution in [3.63, 3.8) is 0 Å². The fourth-order valence-electron chi connectivity index (χ4n) is 1.81. The molecular weight excluding hydrogens is 242 g/mol. The number of anilines is 1. The molecule has 0 amide bonds. The summed E-state index contributed by atoms with van der Waals surface area (Å²) >= 11 is 1.79. The van der Waals surface area contributed by atoms with E-state index in [1.807, 2.05) is 6.92 Å². The van der Waals surface area contributed by atoms with Gasteiger partial charge in [-0.3, -0.25) is 0 Å². The number of thiophene rings is 1. The zero-order valence-corrected chi connectivity index (χ0v) is 11.9. The highest BCUT2D eigenvalue weighted by atomic mass is 32.1. The van der Waals surface area contributed by atoms with Crippen molar-refractivity contribution in [1.82, 2.24) is 0 Å². The van der Waals surface area contributed by atoms with Gasteiger partial charge in [-0.1, -0.05) is 6.07 Å². The molecule has 1 N–H and O–H groups in total. The molecule has 0 fully saturated rings. The van der Waals surface area contributed by atoms with Crippen LogP contribution in [0.15, 0.2) is 29.6 Å². The largest absolute Gasteiger partial charge is 0.492 e. The lowest BCUT2D eigenvalue weighted by Gasteiger charge is -2.13. The van der Waals surface area contributed by atoms with Crippen molar-refractivity contribution in [3.8, 4) is 5.75 Å². The van der Waals surface area contributed by atoms with Crippen molar-refractivity contribution >= 4 is 17.0 Å². The summed E-state index contributed by atoms with van der Waals surface area (Å²) in [4.78, 5) is 1.37. The molecule has 1 heterocycles. The zero-order chi connectivity index (χ0) is 13.0. The quantitative estimate of drug-likeness (QED) is 0.862. The van der Waals surface area contributed by atoms with E-state index in [9.17, 15) is 0 Å². The topological polar surface area (TPSA) is 21.3 Å². The van der Waals surface area contributed by atoms with Crippen LogP contribution >= 0.6 is 11.3 Å². The molecule has 0 aliphatic heterocycles. The fourth-order valence-corrected chi connectivity index (χ4v) is 2.66. The molecule has 2 nitrogen and oxygen atoms in total. The van der Waals surface area contributed by atoms with Crippen LogP contribution in [-0.2, 0) is 6.54 Å². The Balaban J connectivity index is 2.11. The molecule has 0 aliphatic rings. The molecular formula is C15H19NOS. The van der Waals surface area contributed by atoms with E-state index in [0.717, 1.165) is 18.0 Å². The van der Waals surface area contributed by atoms with Gasteiger partial charge in [-0.15, -0.1) is 11.3 Å². The van der Waals surface area contributed by atoms with Crippen LogP contribution in [0.2, 0.25) is 0 Å². The minimum atomic E-state index is 0.691. The summed E-state index contributed by atoms with van der Waals surface area (Å²) in [6.07, 6.45) is 0. The standard InChI is InChI=1S/C15H19NOS/c1-4-17-14-9-11(2)5-6-13(14)16-10-15-12(3)7-8-18-15/h5-9,16H,4,10H2,1-3H3. The molecule has 96 valence electrons. The Morgan fingerprint density at radius 1 is 1.22 bits per heavy atom. The zero-order valence-electron chi connectivity index (χ0n) is 11.1. The molecule has 2 aromatic rings. The van der Waals surface area contributed by atoms with E-state index in [-0.39, 0.29) is 0 Å². The van der Waals surface area contributed by atoms with E-state index in [4.69, 9.17) is 4.74 Å². The highest BCUT2D eigenvalue weighted by molar-refractivity contribution is 7.10. The molecule has 3 heteroatoms. The van der Waals surface area contributed by atoms with Gasteiger partial charge < -0.3 is 10.1 Å². The summed E-state index contributed by atoms with van der Waals surface area (Å²) in [7, 11) is 0. The lowest BCUT2D eigenvalue weighted by Crippen LogP contribution is -2.02. The molecule has 1 aromatic carbocycles. The third-order valence-electron chi connectivity index (χ3n) is 2.84. The number of benzene rings is 1.